The number of nitrogens with zero attached hydrogens (tertiary/aromatic N) is 1. The molecule has 1 rings (SSSR count). The predicted molar refractivity (Wildman–Crippen MR) is 77.2 cm³/mol. The van der Waals surface area contributed by atoms with Crippen LogP contribution in [0, 0.1) is 0 Å². The van der Waals surface area contributed by atoms with E-state index >= 15 is 0 Å². The first-order valence-electron chi connectivity index (χ1n) is 6.73. The number of hydrogen-bond donors (Lipinski definition) is 1. The van der Waals surface area contributed by atoms with Crippen molar-refractivity contribution in [1.29, 1.82) is 0 Å². The van der Waals surface area contributed by atoms with Crippen LogP contribution in [0.15, 0.2) is 18.2 Å². The molecule has 0 heterocycles. The molecule has 4 heteroatoms. The van der Waals surface area contributed by atoms with Crippen molar-refractivity contribution in [2.75, 3.05) is 24.6 Å². The van der Waals surface area contributed by atoms with E-state index in [1.165, 1.54) is 0 Å². The van der Waals surface area contributed by atoms with Gasteiger partial charge in [0.15, 0.2) is 6.61 Å². The van der Waals surface area contributed by atoms with Crippen molar-refractivity contribution in [1.82, 2.24) is 0 Å². The van der Waals surface area contributed by atoms with Gasteiger partial charge in [-0.2, -0.15) is 0 Å². The molecule has 0 atom stereocenters. The molecule has 0 aliphatic carbocycles. The van der Waals surface area contributed by atoms with E-state index in [0.717, 1.165) is 24.3 Å². The van der Waals surface area contributed by atoms with Crippen LogP contribution in [0.5, 0.6) is 5.75 Å². The second kappa shape index (κ2) is 7.02. The molecule has 0 saturated heterocycles. The topological polar surface area (TPSA) is 49.8 Å². The average Bonchev–Trinajstić information content (AvgIpc) is 2.37. The molecular formula is C15H23NO3. The predicted octanol–water partition coefficient (Wildman–Crippen LogP) is 3.12. The highest BCUT2D eigenvalue weighted by atomic mass is 16.5. The van der Waals surface area contributed by atoms with Crippen LogP contribution in [0.4, 0.5) is 5.69 Å². The zero-order valence-electron chi connectivity index (χ0n) is 12.1. The summed E-state index contributed by atoms with van der Waals surface area (Å²) in [6.07, 6.45) is 0. The summed E-state index contributed by atoms with van der Waals surface area (Å²) in [5.41, 5.74) is 2.10. The van der Waals surface area contributed by atoms with E-state index in [1.54, 1.807) is 0 Å². The number of aliphatic carboxylic acids is 1. The maximum Gasteiger partial charge on any atom is 0.341 e. The summed E-state index contributed by atoms with van der Waals surface area (Å²) in [5, 5.41) is 8.74. The summed E-state index contributed by atoms with van der Waals surface area (Å²) in [5.74, 6) is 0.0132. The van der Waals surface area contributed by atoms with Crippen molar-refractivity contribution in [3.05, 3.63) is 23.8 Å². The van der Waals surface area contributed by atoms with E-state index in [4.69, 9.17) is 9.84 Å². The van der Waals surface area contributed by atoms with Gasteiger partial charge in [0.1, 0.15) is 5.75 Å². The van der Waals surface area contributed by atoms with Crippen LogP contribution in [0.1, 0.15) is 39.2 Å². The minimum atomic E-state index is -0.956. The molecule has 106 valence electrons. The van der Waals surface area contributed by atoms with Crippen molar-refractivity contribution < 1.29 is 14.6 Å². The molecule has 0 amide bonds. The smallest absolute Gasteiger partial charge is 0.341 e. The molecule has 0 unspecified atom stereocenters. The van der Waals surface area contributed by atoms with Gasteiger partial charge in [-0.05, 0) is 31.4 Å². The molecule has 0 bridgehead atoms. The summed E-state index contributed by atoms with van der Waals surface area (Å²) in [7, 11) is 0. The van der Waals surface area contributed by atoms with Gasteiger partial charge in [-0.1, -0.05) is 19.9 Å². The van der Waals surface area contributed by atoms with Crippen LogP contribution < -0.4 is 9.64 Å². The highest BCUT2D eigenvalue weighted by Crippen LogP contribution is 2.31. The Morgan fingerprint density at radius 2 is 1.95 bits per heavy atom. The Labute approximate surface area is 115 Å². The fourth-order valence-corrected chi connectivity index (χ4v) is 2.05. The molecule has 0 fully saturated rings. The lowest BCUT2D eigenvalue weighted by Gasteiger charge is -2.23. The maximum atomic E-state index is 10.6. The minimum Gasteiger partial charge on any atom is -0.482 e. The molecule has 4 nitrogen and oxygen atoms in total. The molecule has 0 spiro atoms. The Bertz CT molecular complexity index is 425. The van der Waals surface area contributed by atoms with Gasteiger partial charge in [-0.3, -0.25) is 0 Å². The fraction of sp³-hybridized carbons (Fsp3) is 0.533. The number of hydrogen-bond acceptors (Lipinski definition) is 3. The lowest BCUT2D eigenvalue weighted by Crippen LogP contribution is -2.22. The van der Waals surface area contributed by atoms with Gasteiger partial charge in [0, 0.05) is 24.8 Å². The van der Waals surface area contributed by atoms with Gasteiger partial charge >= 0.3 is 5.97 Å². The van der Waals surface area contributed by atoms with Gasteiger partial charge in [-0.15, -0.1) is 0 Å². The first kappa shape index (κ1) is 15.3. The summed E-state index contributed by atoms with van der Waals surface area (Å²) in [6.45, 7) is 9.85. The van der Waals surface area contributed by atoms with Crippen LogP contribution in [-0.2, 0) is 4.79 Å². The zero-order valence-corrected chi connectivity index (χ0v) is 12.1. The third kappa shape index (κ3) is 4.16. The Morgan fingerprint density at radius 1 is 1.32 bits per heavy atom. The molecular weight excluding hydrogens is 242 g/mol. The Hall–Kier alpha value is -1.71. The van der Waals surface area contributed by atoms with Crippen LogP contribution in [0.2, 0.25) is 0 Å². The van der Waals surface area contributed by atoms with Gasteiger partial charge in [-0.25, -0.2) is 4.79 Å². The van der Waals surface area contributed by atoms with Crippen LogP contribution >= 0.6 is 0 Å². The first-order valence-corrected chi connectivity index (χ1v) is 6.73. The third-order valence-corrected chi connectivity index (χ3v) is 3.10. The van der Waals surface area contributed by atoms with Gasteiger partial charge in [0.25, 0.3) is 0 Å². The highest BCUT2D eigenvalue weighted by molar-refractivity contribution is 5.68. The van der Waals surface area contributed by atoms with Crippen LogP contribution in [0.3, 0.4) is 0 Å². The molecule has 0 aliphatic heterocycles. The summed E-state index contributed by atoms with van der Waals surface area (Å²) >= 11 is 0. The van der Waals surface area contributed by atoms with Crippen molar-refractivity contribution in [2.24, 2.45) is 0 Å². The average molecular weight is 265 g/mol. The van der Waals surface area contributed by atoms with Crippen LogP contribution in [-0.4, -0.2) is 30.8 Å². The molecule has 0 saturated carbocycles. The molecule has 1 aromatic rings. The van der Waals surface area contributed by atoms with Crippen molar-refractivity contribution >= 4 is 11.7 Å². The lowest BCUT2D eigenvalue weighted by atomic mass is 10.0. The SMILES string of the molecule is CCN(CC)c1ccc(C(C)C)c(OCC(=O)O)c1. The van der Waals surface area contributed by atoms with Gasteiger partial charge in [0.2, 0.25) is 0 Å². The Balaban J connectivity index is 3.06. The highest BCUT2D eigenvalue weighted by Gasteiger charge is 2.12. The molecule has 0 aromatic heterocycles. The number of carboxylic acid groups (broad SMARTS) is 1. The second-order valence-corrected chi connectivity index (χ2v) is 4.73. The van der Waals surface area contributed by atoms with Crippen molar-refractivity contribution in [2.45, 2.75) is 33.6 Å². The number of carboxylic acids is 1. The Morgan fingerprint density at radius 3 is 2.42 bits per heavy atom. The number of anilines is 1. The van der Waals surface area contributed by atoms with E-state index in [-0.39, 0.29) is 6.61 Å². The number of benzene rings is 1. The monoisotopic (exact) mass is 265 g/mol. The van der Waals surface area contributed by atoms with E-state index in [2.05, 4.69) is 38.7 Å². The number of ether oxygens (including phenoxy) is 1. The molecule has 0 radical (unpaired) electrons. The summed E-state index contributed by atoms with van der Waals surface area (Å²) in [4.78, 5) is 12.9. The number of carbonyl (C=O) groups is 1. The first-order chi connectivity index (χ1) is 8.99. The van der Waals surface area contributed by atoms with Gasteiger partial charge in [0.05, 0.1) is 0 Å². The third-order valence-electron chi connectivity index (χ3n) is 3.10. The standard InChI is InChI=1S/C15H23NO3/c1-5-16(6-2)12-7-8-13(11(3)4)14(9-12)19-10-15(17)18/h7-9,11H,5-6,10H2,1-4H3,(H,17,18). The summed E-state index contributed by atoms with van der Waals surface area (Å²) in [6, 6.07) is 6.02. The summed E-state index contributed by atoms with van der Waals surface area (Å²) < 4.78 is 5.41. The Kier molecular flexibility index (Phi) is 5.67. The molecule has 1 N–H and O–H groups in total. The maximum absolute atomic E-state index is 10.6. The van der Waals surface area contributed by atoms with E-state index in [9.17, 15) is 4.79 Å². The number of rotatable bonds is 7. The quantitative estimate of drug-likeness (QED) is 0.823. The van der Waals surface area contributed by atoms with Gasteiger partial charge < -0.3 is 14.7 Å². The van der Waals surface area contributed by atoms with E-state index in [1.807, 2.05) is 12.1 Å². The fourth-order valence-electron chi connectivity index (χ4n) is 2.05. The largest absolute Gasteiger partial charge is 0.482 e. The molecule has 1 aromatic carbocycles. The van der Waals surface area contributed by atoms with Crippen LogP contribution in [0.25, 0.3) is 0 Å². The molecule has 19 heavy (non-hydrogen) atoms. The van der Waals surface area contributed by atoms with Crippen molar-refractivity contribution in [3.8, 4) is 5.75 Å². The minimum absolute atomic E-state index is 0.301. The van der Waals surface area contributed by atoms with Crippen molar-refractivity contribution in [3.63, 3.8) is 0 Å². The molecule has 0 aliphatic rings. The van der Waals surface area contributed by atoms with E-state index in [0.29, 0.717) is 11.7 Å². The van der Waals surface area contributed by atoms with E-state index < -0.39 is 5.97 Å². The zero-order chi connectivity index (χ0) is 14.4. The lowest BCUT2D eigenvalue weighted by molar-refractivity contribution is -0.139. The second-order valence-electron chi connectivity index (χ2n) is 4.73. The normalized spacial score (nSPS) is 10.6.